The van der Waals surface area contributed by atoms with E-state index in [1.54, 1.807) is 0 Å². The molecule has 0 saturated carbocycles. The summed E-state index contributed by atoms with van der Waals surface area (Å²) in [7, 11) is 0. The van der Waals surface area contributed by atoms with Crippen molar-refractivity contribution in [1.82, 2.24) is 0 Å². The Bertz CT molecular complexity index is 253. The molecular formula is C20H41NaO3. The number of unbranched alkanes of at least 4 members (excludes halogenated alkanes) is 14. The van der Waals surface area contributed by atoms with Crippen molar-refractivity contribution in [2.24, 2.45) is 0 Å². The maximum atomic E-state index is 11.2. The minimum absolute atomic E-state index is 0. The van der Waals surface area contributed by atoms with Crippen molar-refractivity contribution >= 4 is 5.97 Å². The molecule has 0 aliphatic heterocycles. The zero-order valence-corrected chi connectivity index (χ0v) is 18.5. The first-order valence-electron chi connectivity index (χ1n) is 10.1. The number of carbonyl (C=O) groups excluding carboxylic acids is 1. The summed E-state index contributed by atoms with van der Waals surface area (Å²) < 4.78 is 4.82. The summed E-state index contributed by atoms with van der Waals surface area (Å²) >= 11 is 0. The van der Waals surface area contributed by atoms with E-state index in [0.717, 1.165) is 12.8 Å². The molecule has 0 aromatic carbocycles. The molecule has 4 heteroatoms. The fourth-order valence-electron chi connectivity index (χ4n) is 2.87. The quantitative estimate of drug-likeness (QED) is 0.234. The van der Waals surface area contributed by atoms with Crippen LogP contribution in [0, 0.1) is 0 Å². The van der Waals surface area contributed by atoms with Crippen LogP contribution in [-0.4, -0.2) is 24.3 Å². The van der Waals surface area contributed by atoms with Crippen LogP contribution in [-0.2, 0) is 9.53 Å². The number of rotatable bonds is 18. The number of carbonyl (C=O) groups is 1. The molecule has 0 fully saturated rings. The van der Waals surface area contributed by atoms with Crippen molar-refractivity contribution in [3.63, 3.8) is 0 Å². The molecule has 0 atom stereocenters. The van der Waals surface area contributed by atoms with Gasteiger partial charge in [-0.05, 0) is 6.42 Å². The molecule has 0 radical (unpaired) electrons. The van der Waals surface area contributed by atoms with Crippen molar-refractivity contribution in [3.05, 3.63) is 0 Å². The standard InChI is InChI=1S/C20H40O3.Na.H/c1-2-3-4-5-6-7-8-9-10-11-12-13-14-15-16-17-20(22)23-19-18-21;;/h21H,2-19H2,1H3;;/q;+1;-1. The van der Waals surface area contributed by atoms with Crippen LogP contribution in [0.1, 0.15) is 111 Å². The van der Waals surface area contributed by atoms with E-state index in [4.69, 9.17) is 9.84 Å². The van der Waals surface area contributed by atoms with E-state index in [2.05, 4.69) is 6.92 Å². The SMILES string of the molecule is CCCCCCCCCCCCCCCCCC(=O)OCCO.[H-].[Na+]. The molecule has 140 valence electrons. The predicted octanol–water partition coefficient (Wildman–Crippen LogP) is 2.90. The van der Waals surface area contributed by atoms with Crippen LogP contribution in [0.15, 0.2) is 0 Å². The first kappa shape index (κ1) is 26.7. The maximum absolute atomic E-state index is 11.2. The molecule has 0 bridgehead atoms. The number of hydrogen-bond acceptors (Lipinski definition) is 3. The van der Waals surface area contributed by atoms with Crippen LogP contribution < -0.4 is 29.6 Å². The third-order valence-corrected chi connectivity index (χ3v) is 4.34. The molecule has 0 spiro atoms. The Morgan fingerprint density at radius 2 is 1.12 bits per heavy atom. The van der Waals surface area contributed by atoms with Crippen LogP contribution in [0.5, 0.6) is 0 Å². The summed E-state index contributed by atoms with van der Waals surface area (Å²) in [4.78, 5) is 11.2. The topological polar surface area (TPSA) is 46.5 Å². The van der Waals surface area contributed by atoms with Crippen molar-refractivity contribution in [1.29, 1.82) is 0 Å². The van der Waals surface area contributed by atoms with Crippen LogP contribution in [0.2, 0.25) is 0 Å². The zero-order valence-electron chi connectivity index (χ0n) is 17.5. The minimum Gasteiger partial charge on any atom is -1.00 e. The Kier molecular flexibility index (Phi) is 26.0. The van der Waals surface area contributed by atoms with E-state index < -0.39 is 0 Å². The largest absolute Gasteiger partial charge is 1.00 e. The monoisotopic (exact) mass is 352 g/mol. The van der Waals surface area contributed by atoms with Gasteiger partial charge in [0.15, 0.2) is 0 Å². The molecule has 1 N–H and O–H groups in total. The van der Waals surface area contributed by atoms with Gasteiger partial charge in [-0.3, -0.25) is 4.79 Å². The fourth-order valence-corrected chi connectivity index (χ4v) is 2.87. The number of esters is 1. The van der Waals surface area contributed by atoms with Crippen LogP contribution >= 0.6 is 0 Å². The summed E-state index contributed by atoms with van der Waals surface area (Å²) in [5.74, 6) is -0.172. The Morgan fingerprint density at radius 1 is 0.750 bits per heavy atom. The van der Waals surface area contributed by atoms with Crippen molar-refractivity contribution in [2.45, 2.75) is 110 Å². The van der Waals surface area contributed by atoms with Crippen molar-refractivity contribution < 1.29 is 45.6 Å². The smallest absolute Gasteiger partial charge is 1.00 e. The summed E-state index contributed by atoms with van der Waals surface area (Å²) in [5, 5.41) is 8.54. The molecule has 3 nitrogen and oxygen atoms in total. The Morgan fingerprint density at radius 3 is 1.50 bits per heavy atom. The predicted molar refractivity (Wildman–Crippen MR) is 98.7 cm³/mol. The fraction of sp³-hybridized carbons (Fsp3) is 0.950. The van der Waals surface area contributed by atoms with E-state index in [0.29, 0.717) is 6.42 Å². The molecule has 0 unspecified atom stereocenters. The summed E-state index contributed by atoms with van der Waals surface area (Å²) in [5.41, 5.74) is 0. The second kappa shape index (κ2) is 23.4. The molecule has 0 amide bonds. The van der Waals surface area contributed by atoms with E-state index in [1.807, 2.05) is 0 Å². The molecule has 0 aromatic rings. The van der Waals surface area contributed by atoms with Crippen LogP contribution in [0.4, 0.5) is 0 Å². The van der Waals surface area contributed by atoms with E-state index in [9.17, 15) is 4.79 Å². The van der Waals surface area contributed by atoms with Gasteiger partial charge in [-0.2, -0.15) is 0 Å². The van der Waals surface area contributed by atoms with Crippen molar-refractivity contribution in [2.75, 3.05) is 13.2 Å². The molecular weight excluding hydrogens is 311 g/mol. The molecule has 0 aliphatic carbocycles. The van der Waals surface area contributed by atoms with Crippen molar-refractivity contribution in [3.8, 4) is 0 Å². The van der Waals surface area contributed by atoms with Gasteiger partial charge in [0.05, 0.1) is 6.61 Å². The first-order valence-corrected chi connectivity index (χ1v) is 10.1. The average Bonchev–Trinajstić information content (AvgIpc) is 2.56. The summed E-state index contributed by atoms with van der Waals surface area (Å²) in [6.07, 6.45) is 20.4. The number of aliphatic hydroxyl groups is 1. The Labute approximate surface area is 174 Å². The van der Waals surface area contributed by atoms with Gasteiger partial charge in [0.2, 0.25) is 0 Å². The third kappa shape index (κ3) is 22.4. The summed E-state index contributed by atoms with van der Waals surface area (Å²) in [6.45, 7) is 2.33. The van der Waals surface area contributed by atoms with Gasteiger partial charge in [-0.25, -0.2) is 0 Å². The maximum Gasteiger partial charge on any atom is 1.00 e. The molecule has 0 aliphatic rings. The van der Waals surface area contributed by atoms with E-state index in [-0.39, 0.29) is 50.2 Å². The molecule has 0 rings (SSSR count). The molecule has 0 heterocycles. The zero-order chi connectivity index (χ0) is 17.0. The Hall–Kier alpha value is 0.430. The number of ether oxygens (including phenoxy) is 1. The molecule has 24 heavy (non-hydrogen) atoms. The van der Waals surface area contributed by atoms with Gasteiger partial charge in [0.1, 0.15) is 6.61 Å². The van der Waals surface area contributed by atoms with Gasteiger partial charge < -0.3 is 11.3 Å². The van der Waals surface area contributed by atoms with Gasteiger partial charge in [0.25, 0.3) is 0 Å². The number of aliphatic hydroxyl groups excluding tert-OH is 1. The van der Waals surface area contributed by atoms with Gasteiger partial charge >= 0.3 is 35.5 Å². The van der Waals surface area contributed by atoms with E-state index >= 15 is 0 Å². The van der Waals surface area contributed by atoms with Gasteiger partial charge in [0, 0.05) is 6.42 Å². The molecule has 0 aromatic heterocycles. The van der Waals surface area contributed by atoms with Gasteiger partial charge in [-0.15, -0.1) is 0 Å². The number of hydrogen-bond donors (Lipinski definition) is 1. The van der Waals surface area contributed by atoms with E-state index in [1.165, 1.54) is 83.5 Å². The third-order valence-electron chi connectivity index (χ3n) is 4.34. The second-order valence-electron chi connectivity index (χ2n) is 6.64. The average molecular weight is 353 g/mol. The second-order valence-corrected chi connectivity index (χ2v) is 6.64. The minimum atomic E-state index is -0.172. The molecule has 0 saturated heterocycles. The first-order chi connectivity index (χ1) is 11.3. The van der Waals surface area contributed by atoms with Gasteiger partial charge in [-0.1, -0.05) is 96.8 Å². The normalized spacial score (nSPS) is 10.4. The Balaban J connectivity index is -0.00000242. The summed E-state index contributed by atoms with van der Waals surface area (Å²) in [6, 6.07) is 0. The van der Waals surface area contributed by atoms with Crippen LogP contribution in [0.25, 0.3) is 0 Å². The van der Waals surface area contributed by atoms with Crippen LogP contribution in [0.3, 0.4) is 0 Å².